The molecule has 0 saturated heterocycles. The maximum absolute atomic E-state index is 6.14. The number of aromatic nitrogens is 1. The SMILES string of the molecule is CCNCc1cc(Oc2c(C)cc(Cl)cc2C)ncc1Cl. The molecule has 0 spiro atoms. The summed E-state index contributed by atoms with van der Waals surface area (Å²) in [4.78, 5) is 4.23. The molecule has 3 nitrogen and oxygen atoms in total. The first kappa shape index (κ1) is 16.1. The number of benzene rings is 1. The van der Waals surface area contributed by atoms with E-state index in [2.05, 4.69) is 10.3 Å². The van der Waals surface area contributed by atoms with Crippen molar-refractivity contribution in [1.29, 1.82) is 0 Å². The zero-order valence-electron chi connectivity index (χ0n) is 12.3. The second-order valence-electron chi connectivity index (χ2n) is 4.87. The molecule has 0 saturated carbocycles. The van der Waals surface area contributed by atoms with Gasteiger partial charge < -0.3 is 10.1 Å². The fraction of sp³-hybridized carbons (Fsp3) is 0.312. The van der Waals surface area contributed by atoms with E-state index in [0.717, 1.165) is 29.0 Å². The zero-order valence-corrected chi connectivity index (χ0v) is 13.8. The van der Waals surface area contributed by atoms with Gasteiger partial charge in [0.1, 0.15) is 5.75 Å². The van der Waals surface area contributed by atoms with Crippen LogP contribution in [0.5, 0.6) is 11.6 Å². The predicted molar refractivity (Wildman–Crippen MR) is 87.6 cm³/mol. The van der Waals surface area contributed by atoms with Gasteiger partial charge in [0.2, 0.25) is 5.88 Å². The van der Waals surface area contributed by atoms with Crippen molar-refractivity contribution in [2.24, 2.45) is 0 Å². The number of nitrogens with zero attached hydrogens (tertiary/aromatic N) is 1. The quantitative estimate of drug-likeness (QED) is 0.848. The average Bonchev–Trinajstić information content (AvgIpc) is 2.43. The van der Waals surface area contributed by atoms with Crippen molar-refractivity contribution in [3.05, 3.63) is 51.1 Å². The highest BCUT2D eigenvalue weighted by Crippen LogP contribution is 2.31. The van der Waals surface area contributed by atoms with Crippen molar-refractivity contribution in [1.82, 2.24) is 10.3 Å². The highest BCUT2D eigenvalue weighted by Gasteiger charge is 2.10. The Morgan fingerprint density at radius 3 is 2.43 bits per heavy atom. The third-order valence-corrected chi connectivity index (χ3v) is 3.67. The van der Waals surface area contributed by atoms with Crippen molar-refractivity contribution >= 4 is 23.2 Å². The van der Waals surface area contributed by atoms with Crippen molar-refractivity contribution in [2.45, 2.75) is 27.3 Å². The van der Waals surface area contributed by atoms with Crippen LogP contribution in [0.25, 0.3) is 0 Å². The molecular weight excluding hydrogens is 307 g/mol. The highest BCUT2D eigenvalue weighted by molar-refractivity contribution is 6.31. The molecule has 1 aromatic carbocycles. The van der Waals surface area contributed by atoms with Crippen LogP contribution in [0.3, 0.4) is 0 Å². The van der Waals surface area contributed by atoms with E-state index in [9.17, 15) is 0 Å². The molecule has 0 fully saturated rings. The first-order chi connectivity index (χ1) is 10.0. The van der Waals surface area contributed by atoms with Gasteiger partial charge in [-0.05, 0) is 49.2 Å². The van der Waals surface area contributed by atoms with Crippen LogP contribution in [0.1, 0.15) is 23.6 Å². The monoisotopic (exact) mass is 324 g/mol. The van der Waals surface area contributed by atoms with Crippen LogP contribution in [0.4, 0.5) is 0 Å². The number of ether oxygens (including phenoxy) is 1. The van der Waals surface area contributed by atoms with Crippen LogP contribution < -0.4 is 10.1 Å². The molecule has 21 heavy (non-hydrogen) atoms. The first-order valence-electron chi connectivity index (χ1n) is 6.81. The minimum absolute atomic E-state index is 0.529. The Bertz CT molecular complexity index is 621. The van der Waals surface area contributed by atoms with E-state index in [-0.39, 0.29) is 0 Å². The largest absolute Gasteiger partial charge is 0.438 e. The summed E-state index contributed by atoms with van der Waals surface area (Å²) in [6.45, 7) is 7.54. The van der Waals surface area contributed by atoms with E-state index in [1.807, 2.05) is 39.0 Å². The van der Waals surface area contributed by atoms with E-state index in [0.29, 0.717) is 22.5 Å². The molecule has 0 bridgehead atoms. The highest BCUT2D eigenvalue weighted by atomic mass is 35.5. The summed E-state index contributed by atoms with van der Waals surface area (Å²) in [5.41, 5.74) is 2.92. The van der Waals surface area contributed by atoms with Crippen LogP contribution >= 0.6 is 23.2 Å². The molecule has 1 aromatic heterocycles. The van der Waals surface area contributed by atoms with Crippen LogP contribution in [0, 0.1) is 13.8 Å². The fourth-order valence-electron chi connectivity index (χ4n) is 2.07. The van der Waals surface area contributed by atoms with Gasteiger partial charge in [0.25, 0.3) is 0 Å². The van der Waals surface area contributed by atoms with Gasteiger partial charge in [-0.1, -0.05) is 30.1 Å². The summed E-state index contributed by atoms with van der Waals surface area (Å²) < 4.78 is 5.91. The molecule has 0 aliphatic heterocycles. The number of rotatable bonds is 5. The summed E-state index contributed by atoms with van der Waals surface area (Å²) in [6.07, 6.45) is 1.62. The molecular formula is C16H18Cl2N2O. The molecule has 2 rings (SSSR count). The molecule has 112 valence electrons. The van der Waals surface area contributed by atoms with E-state index < -0.39 is 0 Å². The number of hydrogen-bond acceptors (Lipinski definition) is 3. The minimum atomic E-state index is 0.529. The van der Waals surface area contributed by atoms with Crippen LogP contribution in [-0.2, 0) is 6.54 Å². The van der Waals surface area contributed by atoms with E-state index in [1.165, 1.54) is 0 Å². The Hall–Kier alpha value is -1.29. The standard InChI is InChI=1S/C16H18Cl2N2O/c1-4-19-8-12-7-15(20-9-14(12)18)21-16-10(2)5-13(17)6-11(16)3/h5-7,9,19H,4,8H2,1-3H3. The third-order valence-electron chi connectivity index (χ3n) is 3.11. The normalized spacial score (nSPS) is 10.7. The lowest BCUT2D eigenvalue weighted by atomic mass is 10.1. The molecule has 5 heteroatoms. The van der Waals surface area contributed by atoms with Crippen LogP contribution in [0.2, 0.25) is 10.0 Å². The Morgan fingerprint density at radius 1 is 1.14 bits per heavy atom. The molecule has 0 unspecified atom stereocenters. The average molecular weight is 325 g/mol. The Balaban J connectivity index is 2.28. The molecule has 1 N–H and O–H groups in total. The summed E-state index contributed by atoms with van der Waals surface area (Å²) in [5, 5.41) is 4.58. The molecule has 0 amide bonds. The number of halogens is 2. The van der Waals surface area contributed by atoms with Gasteiger partial charge in [0.15, 0.2) is 0 Å². The lowest BCUT2D eigenvalue weighted by Crippen LogP contribution is -2.12. The summed E-state index contributed by atoms with van der Waals surface area (Å²) >= 11 is 12.2. The van der Waals surface area contributed by atoms with E-state index >= 15 is 0 Å². The summed E-state index contributed by atoms with van der Waals surface area (Å²) in [7, 11) is 0. The second kappa shape index (κ2) is 7.12. The molecule has 0 aliphatic carbocycles. The van der Waals surface area contributed by atoms with Crippen molar-refractivity contribution < 1.29 is 4.74 Å². The predicted octanol–water partition coefficient (Wildman–Crippen LogP) is 4.91. The number of aryl methyl sites for hydroxylation is 2. The van der Waals surface area contributed by atoms with Crippen molar-refractivity contribution in [2.75, 3.05) is 6.54 Å². The van der Waals surface area contributed by atoms with Gasteiger partial charge in [-0.3, -0.25) is 0 Å². The summed E-state index contributed by atoms with van der Waals surface area (Å²) in [6, 6.07) is 5.61. The third kappa shape index (κ3) is 4.10. The van der Waals surface area contributed by atoms with Gasteiger partial charge in [0.05, 0.1) is 5.02 Å². The molecule has 2 aromatic rings. The molecule has 1 heterocycles. The van der Waals surface area contributed by atoms with Crippen LogP contribution in [-0.4, -0.2) is 11.5 Å². The minimum Gasteiger partial charge on any atom is -0.438 e. The zero-order chi connectivity index (χ0) is 15.4. The fourth-order valence-corrected chi connectivity index (χ4v) is 2.57. The maximum atomic E-state index is 6.14. The Kier molecular flexibility index (Phi) is 5.45. The second-order valence-corrected chi connectivity index (χ2v) is 5.71. The topological polar surface area (TPSA) is 34.1 Å². The lowest BCUT2D eigenvalue weighted by Gasteiger charge is -2.13. The van der Waals surface area contributed by atoms with Gasteiger partial charge in [-0.25, -0.2) is 4.98 Å². The van der Waals surface area contributed by atoms with Gasteiger partial charge in [-0.2, -0.15) is 0 Å². The van der Waals surface area contributed by atoms with Crippen LogP contribution in [0.15, 0.2) is 24.4 Å². The maximum Gasteiger partial charge on any atom is 0.219 e. The first-order valence-corrected chi connectivity index (χ1v) is 7.56. The molecule has 0 aliphatic rings. The van der Waals surface area contributed by atoms with Gasteiger partial charge >= 0.3 is 0 Å². The number of hydrogen-bond donors (Lipinski definition) is 1. The van der Waals surface area contributed by atoms with Crippen molar-refractivity contribution in [3.8, 4) is 11.6 Å². The Labute approximate surface area is 135 Å². The number of nitrogens with one attached hydrogen (secondary N) is 1. The smallest absolute Gasteiger partial charge is 0.219 e. The molecule has 0 atom stereocenters. The van der Waals surface area contributed by atoms with E-state index in [4.69, 9.17) is 27.9 Å². The van der Waals surface area contributed by atoms with Gasteiger partial charge in [-0.15, -0.1) is 0 Å². The van der Waals surface area contributed by atoms with Crippen molar-refractivity contribution in [3.63, 3.8) is 0 Å². The lowest BCUT2D eigenvalue weighted by molar-refractivity contribution is 0.455. The summed E-state index contributed by atoms with van der Waals surface area (Å²) in [5.74, 6) is 1.31. The Morgan fingerprint density at radius 2 is 1.81 bits per heavy atom. The van der Waals surface area contributed by atoms with E-state index in [1.54, 1.807) is 6.20 Å². The number of pyridine rings is 1. The molecule has 0 radical (unpaired) electrons. The van der Waals surface area contributed by atoms with Gasteiger partial charge in [0, 0.05) is 23.8 Å².